The molecule has 0 spiro atoms. The Morgan fingerprint density at radius 1 is 1.30 bits per heavy atom. The zero-order valence-electron chi connectivity index (χ0n) is 11.1. The molecule has 8 heteroatoms. The smallest absolute Gasteiger partial charge is 0.241 e. The van der Waals surface area contributed by atoms with Gasteiger partial charge in [-0.25, -0.2) is 17.2 Å². The molecule has 1 aromatic rings. The number of benzene rings is 1. The maximum absolute atomic E-state index is 13.5. The summed E-state index contributed by atoms with van der Waals surface area (Å²) in [5.74, 6) is -2.40. The summed E-state index contributed by atoms with van der Waals surface area (Å²) in [6.45, 7) is 2.13. The van der Waals surface area contributed by atoms with Crippen LogP contribution < -0.4 is 5.32 Å². The first kappa shape index (κ1) is 16.8. The lowest BCUT2D eigenvalue weighted by Gasteiger charge is -2.21. The molecule has 4 nitrogen and oxygen atoms in total. The normalized spacial score (nSPS) is 12.3. The van der Waals surface area contributed by atoms with Crippen LogP contribution in [0, 0.1) is 11.6 Å². The van der Waals surface area contributed by atoms with Gasteiger partial charge in [0.1, 0.15) is 16.4 Å². The van der Waals surface area contributed by atoms with Crippen LogP contribution >= 0.6 is 11.6 Å². The summed E-state index contributed by atoms with van der Waals surface area (Å²) >= 11 is 5.40. The number of hydrogen-bond donors (Lipinski definition) is 1. The summed E-state index contributed by atoms with van der Waals surface area (Å²) in [5.41, 5.74) is -0.121. The molecule has 0 saturated carbocycles. The Bertz CT molecular complexity index is 644. The molecule has 1 rings (SSSR count). The lowest BCUT2D eigenvalue weighted by molar-refractivity contribution is -0.123. The monoisotopic (exact) mass is 325 g/mol. The van der Waals surface area contributed by atoms with E-state index in [1.807, 2.05) is 0 Å². The van der Waals surface area contributed by atoms with Crippen molar-refractivity contribution < 1.29 is 22.0 Å². The van der Waals surface area contributed by atoms with Gasteiger partial charge < -0.3 is 5.32 Å². The molecule has 0 aliphatic rings. The Hall–Kier alpha value is -1.21. The highest BCUT2D eigenvalue weighted by Crippen LogP contribution is 2.20. The number of amides is 1. The molecular weight excluding hydrogens is 312 g/mol. The van der Waals surface area contributed by atoms with E-state index in [1.165, 1.54) is 13.8 Å². The van der Waals surface area contributed by atoms with E-state index in [-0.39, 0.29) is 17.1 Å². The van der Waals surface area contributed by atoms with Crippen LogP contribution in [-0.2, 0) is 21.2 Å². The van der Waals surface area contributed by atoms with Crippen molar-refractivity contribution in [2.45, 2.75) is 25.1 Å². The highest BCUT2D eigenvalue weighted by atomic mass is 35.5. The van der Waals surface area contributed by atoms with Crippen molar-refractivity contribution in [1.29, 1.82) is 0 Å². The van der Waals surface area contributed by atoms with Crippen LogP contribution in [0.5, 0.6) is 0 Å². The van der Waals surface area contributed by atoms with Gasteiger partial charge in [-0.2, -0.15) is 0 Å². The van der Waals surface area contributed by atoms with Crippen LogP contribution in [-0.4, -0.2) is 25.3 Å². The summed E-state index contributed by atoms with van der Waals surface area (Å²) in [6.07, 6.45) is 0.926. The second kappa shape index (κ2) is 5.65. The van der Waals surface area contributed by atoms with E-state index in [2.05, 4.69) is 5.32 Å². The van der Waals surface area contributed by atoms with Crippen LogP contribution in [0.1, 0.15) is 19.4 Å². The topological polar surface area (TPSA) is 63.2 Å². The number of rotatable bonds is 4. The van der Waals surface area contributed by atoms with Crippen molar-refractivity contribution in [3.8, 4) is 0 Å². The molecule has 0 saturated heterocycles. The van der Waals surface area contributed by atoms with Crippen molar-refractivity contribution in [3.05, 3.63) is 34.4 Å². The summed E-state index contributed by atoms with van der Waals surface area (Å²) in [4.78, 5) is 11.8. The summed E-state index contributed by atoms with van der Waals surface area (Å²) in [7, 11) is -3.63. The fraction of sp³-hybridized carbons (Fsp3) is 0.417. The maximum atomic E-state index is 13.5. The molecule has 0 aromatic heterocycles. The van der Waals surface area contributed by atoms with Crippen molar-refractivity contribution in [2.24, 2.45) is 0 Å². The Labute approximate surface area is 121 Å². The molecule has 1 aromatic carbocycles. The number of hydrogen-bond acceptors (Lipinski definition) is 3. The summed E-state index contributed by atoms with van der Waals surface area (Å²) < 4.78 is 48.0. The predicted molar refractivity (Wildman–Crippen MR) is 72.1 cm³/mol. The van der Waals surface area contributed by atoms with Gasteiger partial charge in [-0.3, -0.25) is 4.79 Å². The first-order valence-corrected chi connectivity index (χ1v) is 7.85. The van der Waals surface area contributed by atoms with Crippen LogP contribution in [0.15, 0.2) is 12.1 Å². The standard InChI is InChI=1S/C12H14ClF2NO3S/c1-12(2,20(3,18)19)11(17)16-6-7-4-10(15)8(13)5-9(7)14/h4-5H,6H2,1-3H3,(H,16,17). The Balaban J connectivity index is 2.89. The van der Waals surface area contributed by atoms with E-state index >= 15 is 0 Å². The zero-order valence-corrected chi connectivity index (χ0v) is 12.7. The van der Waals surface area contributed by atoms with Crippen LogP contribution in [0.4, 0.5) is 8.78 Å². The second-order valence-electron chi connectivity index (χ2n) is 4.82. The van der Waals surface area contributed by atoms with E-state index in [0.717, 1.165) is 18.4 Å². The first-order chi connectivity index (χ1) is 8.96. The molecule has 0 radical (unpaired) electrons. The van der Waals surface area contributed by atoms with Crippen LogP contribution in [0.2, 0.25) is 5.02 Å². The van der Waals surface area contributed by atoms with Crippen molar-refractivity contribution in [2.75, 3.05) is 6.26 Å². The maximum Gasteiger partial charge on any atom is 0.241 e. The fourth-order valence-electron chi connectivity index (χ4n) is 1.26. The van der Waals surface area contributed by atoms with Gasteiger partial charge >= 0.3 is 0 Å². The molecule has 0 bridgehead atoms. The van der Waals surface area contributed by atoms with E-state index in [1.54, 1.807) is 0 Å². The highest BCUT2D eigenvalue weighted by molar-refractivity contribution is 7.92. The number of halogens is 3. The van der Waals surface area contributed by atoms with Gasteiger partial charge in [0, 0.05) is 18.4 Å². The molecule has 0 aliphatic carbocycles. The molecule has 1 N–H and O–H groups in total. The minimum atomic E-state index is -3.63. The minimum absolute atomic E-state index is 0.121. The van der Waals surface area contributed by atoms with Gasteiger partial charge in [0.25, 0.3) is 0 Å². The molecule has 112 valence electrons. The molecule has 20 heavy (non-hydrogen) atoms. The molecule has 0 heterocycles. The third-order valence-electron chi connectivity index (χ3n) is 3.00. The summed E-state index contributed by atoms with van der Waals surface area (Å²) in [5, 5.41) is 1.90. The Kier molecular flexibility index (Phi) is 4.76. The predicted octanol–water partition coefficient (Wildman–Crippen LogP) is 2.06. The first-order valence-electron chi connectivity index (χ1n) is 5.58. The van der Waals surface area contributed by atoms with Gasteiger partial charge in [-0.05, 0) is 26.0 Å². The van der Waals surface area contributed by atoms with Gasteiger partial charge in [0.05, 0.1) is 5.02 Å². The van der Waals surface area contributed by atoms with E-state index in [4.69, 9.17) is 11.6 Å². The summed E-state index contributed by atoms with van der Waals surface area (Å²) in [6, 6.07) is 1.64. The molecule has 1 amide bonds. The lowest BCUT2D eigenvalue weighted by Crippen LogP contribution is -2.47. The third kappa shape index (κ3) is 3.46. The molecule has 0 atom stereocenters. The largest absolute Gasteiger partial charge is 0.351 e. The minimum Gasteiger partial charge on any atom is -0.351 e. The van der Waals surface area contributed by atoms with Gasteiger partial charge in [-0.1, -0.05) is 11.6 Å². The Morgan fingerprint density at radius 3 is 2.35 bits per heavy atom. The van der Waals surface area contributed by atoms with Gasteiger partial charge in [-0.15, -0.1) is 0 Å². The number of carbonyl (C=O) groups excluding carboxylic acids is 1. The lowest BCUT2D eigenvalue weighted by atomic mass is 10.1. The van der Waals surface area contributed by atoms with E-state index in [0.29, 0.717) is 0 Å². The van der Waals surface area contributed by atoms with E-state index in [9.17, 15) is 22.0 Å². The van der Waals surface area contributed by atoms with Crippen molar-refractivity contribution in [1.82, 2.24) is 5.32 Å². The average Bonchev–Trinajstić information content (AvgIpc) is 2.30. The van der Waals surface area contributed by atoms with E-state index < -0.39 is 32.1 Å². The molecule has 0 fully saturated rings. The number of carbonyl (C=O) groups is 1. The fourth-order valence-corrected chi connectivity index (χ4v) is 1.82. The second-order valence-corrected chi connectivity index (χ2v) is 7.80. The van der Waals surface area contributed by atoms with Gasteiger partial charge in [0.15, 0.2) is 9.84 Å². The SMILES string of the molecule is CC(C)(C(=O)NCc1cc(F)c(Cl)cc1F)S(C)(=O)=O. The van der Waals surface area contributed by atoms with Crippen molar-refractivity contribution in [3.63, 3.8) is 0 Å². The van der Waals surface area contributed by atoms with Crippen molar-refractivity contribution >= 4 is 27.3 Å². The van der Waals surface area contributed by atoms with Gasteiger partial charge in [0.2, 0.25) is 5.91 Å². The molecule has 0 unspecified atom stereocenters. The number of sulfone groups is 1. The van der Waals surface area contributed by atoms with Crippen LogP contribution in [0.25, 0.3) is 0 Å². The Morgan fingerprint density at radius 2 is 1.85 bits per heavy atom. The zero-order chi connectivity index (χ0) is 15.7. The quantitative estimate of drug-likeness (QED) is 0.862. The molecular formula is C12H14ClF2NO3S. The average molecular weight is 326 g/mol. The van der Waals surface area contributed by atoms with Crippen LogP contribution in [0.3, 0.4) is 0 Å². The molecule has 0 aliphatic heterocycles. The number of nitrogens with one attached hydrogen (secondary N) is 1. The third-order valence-corrected chi connectivity index (χ3v) is 5.33. The highest BCUT2D eigenvalue weighted by Gasteiger charge is 2.38.